The highest BCUT2D eigenvalue weighted by Gasteiger charge is 2.24. The van der Waals surface area contributed by atoms with Gasteiger partial charge in [0, 0.05) is 26.7 Å². The molecule has 1 fully saturated rings. The minimum absolute atomic E-state index is 0.347. The predicted octanol–water partition coefficient (Wildman–Crippen LogP) is 1.71. The second-order valence-corrected chi connectivity index (χ2v) is 7.43. The van der Waals surface area contributed by atoms with Crippen LogP contribution in [0, 0.1) is 11.8 Å². The molecule has 3 heterocycles. The third-order valence-corrected chi connectivity index (χ3v) is 4.86. The maximum absolute atomic E-state index is 12.4. The van der Waals surface area contributed by atoms with Crippen molar-refractivity contribution < 1.29 is 0 Å². The van der Waals surface area contributed by atoms with Gasteiger partial charge in [0.15, 0.2) is 11.2 Å². The van der Waals surface area contributed by atoms with Gasteiger partial charge in [-0.15, -0.1) is 0 Å². The lowest BCUT2D eigenvalue weighted by Gasteiger charge is -2.32. The van der Waals surface area contributed by atoms with E-state index in [1.807, 2.05) is 4.57 Å². The van der Waals surface area contributed by atoms with Crippen LogP contribution >= 0.6 is 0 Å². The van der Waals surface area contributed by atoms with E-state index in [2.05, 4.69) is 30.7 Å². The van der Waals surface area contributed by atoms with E-state index >= 15 is 0 Å². The van der Waals surface area contributed by atoms with Gasteiger partial charge in [0.05, 0.1) is 0 Å². The molecule has 1 saturated heterocycles. The molecule has 1 atom stereocenters. The fourth-order valence-corrected chi connectivity index (χ4v) is 3.43. The molecule has 7 nitrogen and oxygen atoms in total. The molecule has 0 unspecified atom stereocenters. The second kappa shape index (κ2) is 6.45. The quantitative estimate of drug-likeness (QED) is 0.924. The van der Waals surface area contributed by atoms with Gasteiger partial charge >= 0.3 is 5.69 Å². The monoisotopic (exact) mass is 333 g/mol. The summed E-state index contributed by atoms with van der Waals surface area (Å²) in [6, 6.07) is 0. The summed E-state index contributed by atoms with van der Waals surface area (Å²) in [5, 5.41) is 0. The number of hydrogen-bond donors (Lipinski definition) is 1. The van der Waals surface area contributed by atoms with Gasteiger partial charge in [-0.25, -0.2) is 4.79 Å². The van der Waals surface area contributed by atoms with Gasteiger partial charge in [-0.1, -0.05) is 20.8 Å². The number of fused-ring (bicyclic) bond motifs is 1. The third-order valence-electron chi connectivity index (χ3n) is 4.86. The third kappa shape index (κ3) is 2.99. The number of nitrogens with zero attached hydrogens (tertiary/aromatic N) is 4. The molecule has 7 heteroatoms. The van der Waals surface area contributed by atoms with Crippen molar-refractivity contribution in [2.45, 2.75) is 46.6 Å². The van der Waals surface area contributed by atoms with Crippen LogP contribution in [0.15, 0.2) is 9.59 Å². The number of piperidine rings is 1. The summed E-state index contributed by atoms with van der Waals surface area (Å²) >= 11 is 0. The Hall–Kier alpha value is -2.05. The van der Waals surface area contributed by atoms with Gasteiger partial charge in [0.2, 0.25) is 5.95 Å². The smallest absolute Gasteiger partial charge is 0.329 e. The van der Waals surface area contributed by atoms with Crippen LogP contribution in [-0.2, 0) is 13.6 Å². The maximum Gasteiger partial charge on any atom is 0.329 e. The summed E-state index contributed by atoms with van der Waals surface area (Å²) in [6.45, 7) is 9.20. The Balaban J connectivity index is 2.17. The van der Waals surface area contributed by atoms with E-state index < -0.39 is 5.69 Å². The highest BCUT2D eigenvalue weighted by Crippen LogP contribution is 2.25. The molecular formula is C17H27N5O2. The molecule has 2 aromatic heterocycles. The van der Waals surface area contributed by atoms with Crippen molar-refractivity contribution in [3.05, 3.63) is 20.8 Å². The Bertz CT molecular complexity index is 845. The zero-order chi connectivity index (χ0) is 17.4. The Morgan fingerprint density at radius 1 is 1.33 bits per heavy atom. The number of aryl methyl sites for hydroxylation is 2. The molecular weight excluding hydrogens is 306 g/mol. The molecule has 1 aliphatic heterocycles. The second-order valence-electron chi connectivity index (χ2n) is 7.43. The van der Waals surface area contributed by atoms with Gasteiger partial charge in [0.25, 0.3) is 5.56 Å². The Morgan fingerprint density at radius 2 is 2.08 bits per heavy atom. The number of anilines is 1. The number of imidazole rings is 1. The first kappa shape index (κ1) is 16.8. The summed E-state index contributed by atoms with van der Waals surface area (Å²) in [7, 11) is 1.66. The van der Waals surface area contributed by atoms with Crippen LogP contribution in [0.1, 0.15) is 40.0 Å². The highest BCUT2D eigenvalue weighted by molar-refractivity contribution is 5.74. The number of aromatic amines is 1. The molecule has 0 spiro atoms. The van der Waals surface area contributed by atoms with Crippen LogP contribution in [0.25, 0.3) is 11.2 Å². The molecule has 1 aliphatic rings. The van der Waals surface area contributed by atoms with E-state index in [9.17, 15) is 9.59 Å². The molecule has 2 aromatic rings. The average Bonchev–Trinajstić information content (AvgIpc) is 2.91. The number of aromatic nitrogens is 4. The van der Waals surface area contributed by atoms with Crippen molar-refractivity contribution in [1.82, 2.24) is 19.1 Å². The molecule has 0 aromatic carbocycles. The van der Waals surface area contributed by atoms with Gasteiger partial charge < -0.3 is 9.47 Å². The zero-order valence-electron chi connectivity index (χ0n) is 15.0. The normalized spacial score (nSPS) is 18.7. The zero-order valence-corrected chi connectivity index (χ0v) is 15.0. The van der Waals surface area contributed by atoms with E-state index in [1.54, 1.807) is 7.05 Å². The van der Waals surface area contributed by atoms with Crippen LogP contribution in [-0.4, -0.2) is 32.2 Å². The standard InChI is InChI=1S/C17H27N5O2/c1-11(2)7-9-22-13-14(20(4)17(24)19-15(13)23)18-16(22)21-8-5-6-12(3)10-21/h11-12H,5-10H2,1-4H3,(H,19,23,24)/t12-/m1/s1. The van der Waals surface area contributed by atoms with Crippen LogP contribution in [0.5, 0.6) is 0 Å². The van der Waals surface area contributed by atoms with Crippen molar-refractivity contribution >= 4 is 17.1 Å². The first-order valence-corrected chi connectivity index (χ1v) is 8.83. The van der Waals surface area contributed by atoms with Crippen LogP contribution in [0.4, 0.5) is 5.95 Å². The van der Waals surface area contributed by atoms with Crippen molar-refractivity contribution in [2.75, 3.05) is 18.0 Å². The van der Waals surface area contributed by atoms with Gasteiger partial charge in [-0.2, -0.15) is 4.98 Å². The number of hydrogen-bond acceptors (Lipinski definition) is 4. The Kier molecular flexibility index (Phi) is 4.51. The number of H-pyrrole nitrogens is 1. The molecule has 0 amide bonds. The molecule has 24 heavy (non-hydrogen) atoms. The summed E-state index contributed by atoms with van der Waals surface area (Å²) in [5.74, 6) is 1.96. The Labute approximate surface area is 141 Å². The van der Waals surface area contributed by atoms with Crippen molar-refractivity contribution in [2.24, 2.45) is 18.9 Å². The van der Waals surface area contributed by atoms with Crippen LogP contribution in [0.3, 0.4) is 0 Å². The van der Waals surface area contributed by atoms with Gasteiger partial charge in [0.1, 0.15) is 0 Å². The topological polar surface area (TPSA) is 75.9 Å². The van der Waals surface area contributed by atoms with E-state index in [4.69, 9.17) is 4.98 Å². The lowest BCUT2D eigenvalue weighted by atomic mass is 10.0. The van der Waals surface area contributed by atoms with Crippen molar-refractivity contribution in [3.8, 4) is 0 Å². The van der Waals surface area contributed by atoms with Crippen LogP contribution in [0.2, 0.25) is 0 Å². The van der Waals surface area contributed by atoms with Gasteiger partial charge in [-0.05, 0) is 31.1 Å². The SMILES string of the molecule is CC(C)CCn1c(N2CCC[C@@H](C)C2)nc2c1c(=O)[nH]c(=O)n2C. The molecule has 1 N–H and O–H groups in total. The fourth-order valence-electron chi connectivity index (χ4n) is 3.43. The highest BCUT2D eigenvalue weighted by atomic mass is 16.2. The molecule has 132 valence electrons. The molecule has 0 radical (unpaired) electrons. The minimum Gasteiger partial charge on any atom is -0.342 e. The lowest BCUT2D eigenvalue weighted by Crippen LogP contribution is -2.36. The molecule has 0 bridgehead atoms. The summed E-state index contributed by atoms with van der Waals surface area (Å²) in [4.78, 5) is 33.7. The van der Waals surface area contributed by atoms with Crippen LogP contribution < -0.4 is 16.1 Å². The largest absolute Gasteiger partial charge is 0.342 e. The van der Waals surface area contributed by atoms with E-state index in [0.717, 1.165) is 38.4 Å². The molecule has 0 saturated carbocycles. The van der Waals surface area contributed by atoms with E-state index in [-0.39, 0.29) is 5.56 Å². The number of rotatable bonds is 4. The average molecular weight is 333 g/mol. The predicted molar refractivity (Wildman–Crippen MR) is 95.7 cm³/mol. The van der Waals surface area contributed by atoms with E-state index in [0.29, 0.717) is 23.0 Å². The maximum atomic E-state index is 12.4. The first-order chi connectivity index (χ1) is 11.4. The first-order valence-electron chi connectivity index (χ1n) is 8.83. The van der Waals surface area contributed by atoms with Crippen molar-refractivity contribution in [1.29, 1.82) is 0 Å². The van der Waals surface area contributed by atoms with Gasteiger partial charge in [-0.3, -0.25) is 14.3 Å². The minimum atomic E-state index is -0.417. The molecule has 0 aliphatic carbocycles. The summed E-state index contributed by atoms with van der Waals surface area (Å²) < 4.78 is 3.44. The van der Waals surface area contributed by atoms with Crippen molar-refractivity contribution in [3.63, 3.8) is 0 Å². The Morgan fingerprint density at radius 3 is 2.75 bits per heavy atom. The summed E-state index contributed by atoms with van der Waals surface area (Å²) in [6.07, 6.45) is 3.32. The number of nitrogens with one attached hydrogen (secondary N) is 1. The molecule has 3 rings (SSSR count). The summed E-state index contributed by atoms with van der Waals surface area (Å²) in [5.41, 5.74) is 0.215. The fraction of sp³-hybridized carbons (Fsp3) is 0.706. The lowest BCUT2D eigenvalue weighted by molar-refractivity contribution is 0.434. The van der Waals surface area contributed by atoms with E-state index in [1.165, 1.54) is 11.0 Å².